The van der Waals surface area contributed by atoms with Crippen molar-refractivity contribution < 1.29 is 9.59 Å². The Balaban J connectivity index is 1.97. The Morgan fingerprint density at radius 3 is 2.20 bits per heavy atom. The van der Waals surface area contributed by atoms with E-state index in [0.29, 0.717) is 35.6 Å². The first-order valence-electron chi connectivity index (χ1n) is 8.07. The second kappa shape index (κ2) is 8.30. The molecule has 0 spiro atoms. The van der Waals surface area contributed by atoms with Crippen LogP contribution >= 0.6 is 0 Å². The van der Waals surface area contributed by atoms with Gasteiger partial charge in [-0.15, -0.1) is 0 Å². The summed E-state index contributed by atoms with van der Waals surface area (Å²) in [6.07, 6.45) is 0.431. The summed E-state index contributed by atoms with van der Waals surface area (Å²) in [5.74, 6) is -0.256. The van der Waals surface area contributed by atoms with Gasteiger partial charge in [0.2, 0.25) is 5.91 Å². The molecule has 0 bridgehead atoms. The Kier molecular flexibility index (Phi) is 6.14. The highest BCUT2D eigenvalue weighted by molar-refractivity contribution is 6.06. The van der Waals surface area contributed by atoms with E-state index in [1.807, 2.05) is 32.0 Å². The summed E-state index contributed by atoms with van der Waals surface area (Å²) >= 11 is 0. The van der Waals surface area contributed by atoms with Crippen LogP contribution in [0.1, 0.15) is 22.3 Å². The van der Waals surface area contributed by atoms with Crippen LogP contribution in [0, 0.1) is 6.92 Å². The molecule has 0 aliphatic rings. The van der Waals surface area contributed by atoms with E-state index in [1.165, 1.54) is 0 Å². The minimum atomic E-state index is -0.215. The zero-order valence-electron chi connectivity index (χ0n) is 14.8. The first-order valence-corrected chi connectivity index (χ1v) is 8.07. The number of carbonyl (C=O) groups is 2. The van der Waals surface area contributed by atoms with Crippen LogP contribution in [0.15, 0.2) is 42.5 Å². The molecule has 0 saturated carbocycles. The molecule has 0 aliphatic heterocycles. The second-order valence-electron chi connectivity index (χ2n) is 6.21. The van der Waals surface area contributed by atoms with Gasteiger partial charge in [0.05, 0.1) is 0 Å². The summed E-state index contributed by atoms with van der Waals surface area (Å²) < 4.78 is 0. The highest BCUT2D eigenvalue weighted by Crippen LogP contribution is 2.17. The van der Waals surface area contributed by atoms with Gasteiger partial charge in [-0.2, -0.15) is 0 Å². The first-order chi connectivity index (χ1) is 11.8. The van der Waals surface area contributed by atoms with Gasteiger partial charge in [0.1, 0.15) is 0 Å². The fourth-order valence-corrected chi connectivity index (χ4v) is 2.27. The average molecular weight is 340 g/mol. The Hall–Kier alpha value is -2.86. The van der Waals surface area contributed by atoms with Crippen LogP contribution in [-0.2, 0) is 4.79 Å². The Morgan fingerprint density at radius 1 is 1.00 bits per heavy atom. The summed E-state index contributed by atoms with van der Waals surface area (Å²) in [6.45, 7) is 2.56. The maximum Gasteiger partial charge on any atom is 0.256 e. The molecule has 0 saturated heterocycles. The molecule has 0 atom stereocenters. The number of anilines is 3. The number of carbonyl (C=O) groups excluding carboxylic acids is 2. The highest BCUT2D eigenvalue weighted by Gasteiger charge is 2.10. The predicted octanol–water partition coefficient (Wildman–Crippen LogP) is 2.72. The molecule has 0 fully saturated rings. The SMILES string of the molecule is Cc1ccc(N)cc1C(=O)Nc1ccc(NC(=O)CCN(C)C)cc1. The Bertz CT molecular complexity index is 755. The molecule has 2 aromatic rings. The molecule has 4 N–H and O–H groups in total. The molecule has 0 radical (unpaired) electrons. The number of aryl methyl sites for hydroxylation is 1. The van der Waals surface area contributed by atoms with E-state index in [1.54, 1.807) is 36.4 Å². The van der Waals surface area contributed by atoms with Gasteiger partial charge in [-0.25, -0.2) is 0 Å². The van der Waals surface area contributed by atoms with Crippen molar-refractivity contribution in [2.45, 2.75) is 13.3 Å². The highest BCUT2D eigenvalue weighted by atomic mass is 16.2. The molecule has 2 aromatic carbocycles. The van der Waals surface area contributed by atoms with Crippen molar-refractivity contribution in [3.8, 4) is 0 Å². The predicted molar refractivity (Wildman–Crippen MR) is 102 cm³/mol. The van der Waals surface area contributed by atoms with Gasteiger partial charge in [0.15, 0.2) is 0 Å². The lowest BCUT2D eigenvalue weighted by molar-refractivity contribution is -0.116. The summed E-state index contributed by atoms with van der Waals surface area (Å²) in [4.78, 5) is 26.1. The van der Waals surface area contributed by atoms with Crippen LogP contribution in [-0.4, -0.2) is 37.4 Å². The largest absolute Gasteiger partial charge is 0.399 e. The maximum absolute atomic E-state index is 12.4. The second-order valence-corrected chi connectivity index (χ2v) is 6.21. The van der Waals surface area contributed by atoms with Crippen molar-refractivity contribution in [2.75, 3.05) is 37.0 Å². The number of amides is 2. The number of hydrogen-bond acceptors (Lipinski definition) is 4. The van der Waals surface area contributed by atoms with Gasteiger partial charge in [0.25, 0.3) is 5.91 Å². The smallest absolute Gasteiger partial charge is 0.256 e. The van der Waals surface area contributed by atoms with Gasteiger partial charge >= 0.3 is 0 Å². The first kappa shape index (κ1) is 18.5. The molecular formula is C19H24N4O2. The lowest BCUT2D eigenvalue weighted by Crippen LogP contribution is -2.20. The third-order valence-corrected chi connectivity index (χ3v) is 3.72. The number of nitrogens with one attached hydrogen (secondary N) is 2. The van der Waals surface area contributed by atoms with E-state index in [2.05, 4.69) is 10.6 Å². The Labute approximate surface area is 148 Å². The van der Waals surface area contributed by atoms with E-state index >= 15 is 0 Å². The summed E-state index contributed by atoms with van der Waals surface area (Å²) in [7, 11) is 3.85. The summed E-state index contributed by atoms with van der Waals surface area (Å²) in [5, 5.41) is 5.66. The fourth-order valence-electron chi connectivity index (χ4n) is 2.27. The minimum Gasteiger partial charge on any atom is -0.399 e. The quantitative estimate of drug-likeness (QED) is 0.706. The molecule has 0 aliphatic carbocycles. The van der Waals surface area contributed by atoms with Gasteiger partial charge < -0.3 is 21.3 Å². The van der Waals surface area contributed by atoms with Crippen molar-refractivity contribution >= 4 is 28.9 Å². The van der Waals surface area contributed by atoms with Crippen LogP contribution in [0.5, 0.6) is 0 Å². The zero-order valence-corrected chi connectivity index (χ0v) is 14.8. The number of rotatable bonds is 6. The monoisotopic (exact) mass is 340 g/mol. The number of hydrogen-bond donors (Lipinski definition) is 3. The van der Waals surface area contributed by atoms with Crippen molar-refractivity contribution in [2.24, 2.45) is 0 Å². The summed E-state index contributed by atoms with van der Waals surface area (Å²) in [5.41, 5.74) is 9.04. The molecule has 0 unspecified atom stereocenters. The van der Waals surface area contributed by atoms with E-state index < -0.39 is 0 Å². The van der Waals surface area contributed by atoms with Gasteiger partial charge in [-0.3, -0.25) is 9.59 Å². The van der Waals surface area contributed by atoms with Gasteiger partial charge in [-0.05, 0) is 63.0 Å². The van der Waals surface area contributed by atoms with Crippen LogP contribution in [0.4, 0.5) is 17.1 Å². The normalized spacial score (nSPS) is 10.6. The summed E-state index contributed by atoms with van der Waals surface area (Å²) in [6, 6.07) is 12.3. The molecule has 2 amide bonds. The molecule has 25 heavy (non-hydrogen) atoms. The molecular weight excluding hydrogens is 316 g/mol. The van der Waals surface area contributed by atoms with E-state index in [-0.39, 0.29) is 11.8 Å². The molecule has 6 heteroatoms. The van der Waals surface area contributed by atoms with Crippen LogP contribution in [0.2, 0.25) is 0 Å². The molecule has 0 aromatic heterocycles. The minimum absolute atomic E-state index is 0.0409. The van der Waals surface area contributed by atoms with Crippen LogP contribution in [0.25, 0.3) is 0 Å². The van der Waals surface area contributed by atoms with Crippen molar-refractivity contribution in [1.82, 2.24) is 4.90 Å². The zero-order chi connectivity index (χ0) is 18.4. The van der Waals surface area contributed by atoms with Crippen LogP contribution in [0.3, 0.4) is 0 Å². The standard InChI is InChI=1S/C19H24N4O2/c1-13-4-5-14(20)12-17(13)19(25)22-16-8-6-15(7-9-16)21-18(24)10-11-23(2)3/h4-9,12H,10-11,20H2,1-3H3,(H,21,24)(H,22,25). The number of nitrogens with zero attached hydrogens (tertiary/aromatic N) is 1. The fraction of sp³-hybridized carbons (Fsp3) is 0.263. The molecule has 0 heterocycles. The molecule has 2 rings (SSSR count). The van der Waals surface area contributed by atoms with Crippen molar-refractivity contribution in [3.05, 3.63) is 53.6 Å². The van der Waals surface area contributed by atoms with Crippen molar-refractivity contribution in [1.29, 1.82) is 0 Å². The number of nitrogen functional groups attached to an aromatic ring is 1. The third-order valence-electron chi connectivity index (χ3n) is 3.72. The number of nitrogens with two attached hydrogens (primary N) is 1. The maximum atomic E-state index is 12.4. The van der Waals surface area contributed by atoms with Gasteiger partial charge in [0, 0.05) is 35.6 Å². The average Bonchev–Trinajstić information content (AvgIpc) is 2.57. The third kappa shape index (κ3) is 5.61. The van der Waals surface area contributed by atoms with Crippen molar-refractivity contribution in [3.63, 3.8) is 0 Å². The lowest BCUT2D eigenvalue weighted by atomic mass is 10.1. The van der Waals surface area contributed by atoms with E-state index in [0.717, 1.165) is 5.56 Å². The van der Waals surface area contributed by atoms with Crippen LogP contribution < -0.4 is 16.4 Å². The van der Waals surface area contributed by atoms with E-state index in [4.69, 9.17) is 5.73 Å². The number of benzene rings is 2. The molecule has 132 valence electrons. The topological polar surface area (TPSA) is 87.5 Å². The Morgan fingerprint density at radius 2 is 1.60 bits per heavy atom. The lowest BCUT2D eigenvalue weighted by Gasteiger charge is -2.11. The molecule has 6 nitrogen and oxygen atoms in total. The van der Waals surface area contributed by atoms with E-state index in [9.17, 15) is 9.59 Å². The van der Waals surface area contributed by atoms with Gasteiger partial charge in [-0.1, -0.05) is 6.07 Å².